The Morgan fingerprint density at radius 3 is 2.64 bits per heavy atom. The molecule has 0 aromatic carbocycles. The molecule has 0 aliphatic heterocycles. The van der Waals surface area contributed by atoms with Crippen LogP contribution in [-0.4, -0.2) is 21.7 Å². The van der Waals surface area contributed by atoms with Crippen LogP contribution < -0.4 is 0 Å². The third-order valence-corrected chi connectivity index (χ3v) is 3.01. The van der Waals surface area contributed by atoms with Crippen LogP contribution in [0.1, 0.15) is 31.6 Å². The van der Waals surface area contributed by atoms with Gasteiger partial charge in [0.2, 0.25) is 5.89 Å². The Hall–Kier alpha value is -0.160. The Kier molecular flexibility index (Phi) is 6.10. The van der Waals surface area contributed by atoms with Gasteiger partial charge in [-0.25, -0.2) is 0 Å². The summed E-state index contributed by atoms with van der Waals surface area (Å²) < 4.78 is 5.24. The molecule has 0 saturated carbocycles. The van der Waals surface area contributed by atoms with Crippen LogP contribution in [0.4, 0.5) is 0 Å². The number of aryl methyl sites for hydroxylation is 1. The van der Waals surface area contributed by atoms with Crippen molar-refractivity contribution in [2.24, 2.45) is 0 Å². The topological polar surface area (TPSA) is 38.9 Å². The molecule has 0 N–H and O–H groups in total. The van der Waals surface area contributed by atoms with E-state index in [1.54, 1.807) is 11.8 Å². The first kappa shape index (κ1) is 11.9. The fourth-order valence-electron chi connectivity index (χ4n) is 1.06. The van der Waals surface area contributed by atoms with Gasteiger partial charge in [0.1, 0.15) is 0 Å². The Bertz CT molecular complexity index is 253. The van der Waals surface area contributed by atoms with Crippen LogP contribution in [0.5, 0.6) is 0 Å². The summed E-state index contributed by atoms with van der Waals surface area (Å²) in [4.78, 5) is 0. The maximum Gasteiger partial charge on any atom is 0.276 e. The molecule has 5 heteroatoms. The van der Waals surface area contributed by atoms with Gasteiger partial charge >= 0.3 is 0 Å². The van der Waals surface area contributed by atoms with E-state index < -0.39 is 0 Å². The van der Waals surface area contributed by atoms with Gasteiger partial charge in [0.15, 0.2) is 0 Å². The van der Waals surface area contributed by atoms with Crippen LogP contribution in [0.15, 0.2) is 9.64 Å². The van der Waals surface area contributed by atoms with Crippen LogP contribution in [0.25, 0.3) is 0 Å². The zero-order valence-electron chi connectivity index (χ0n) is 8.40. The molecule has 0 saturated heterocycles. The molecule has 0 amide bonds. The van der Waals surface area contributed by atoms with Crippen LogP contribution in [0, 0.1) is 6.92 Å². The van der Waals surface area contributed by atoms with E-state index >= 15 is 0 Å². The second kappa shape index (κ2) is 7.17. The van der Waals surface area contributed by atoms with Gasteiger partial charge < -0.3 is 4.42 Å². The first-order chi connectivity index (χ1) is 6.83. The minimum absolute atomic E-state index is 0.641. The molecule has 0 aliphatic carbocycles. The monoisotopic (exact) mass is 232 g/mol. The molecule has 1 heterocycles. The third-order valence-electron chi connectivity index (χ3n) is 1.79. The van der Waals surface area contributed by atoms with Gasteiger partial charge in [-0.1, -0.05) is 24.6 Å². The molecule has 80 valence electrons. The molecule has 0 unspecified atom stereocenters. The van der Waals surface area contributed by atoms with Gasteiger partial charge in [0.05, 0.1) is 0 Å². The van der Waals surface area contributed by atoms with Crippen LogP contribution in [0.2, 0.25) is 0 Å². The highest BCUT2D eigenvalue weighted by Gasteiger charge is 2.01. The van der Waals surface area contributed by atoms with Gasteiger partial charge in [0, 0.05) is 12.7 Å². The molecule has 1 rings (SSSR count). The van der Waals surface area contributed by atoms with E-state index in [2.05, 4.69) is 22.8 Å². The summed E-state index contributed by atoms with van der Waals surface area (Å²) in [5.41, 5.74) is 0. The van der Waals surface area contributed by atoms with E-state index in [1.807, 2.05) is 6.92 Å². The second-order valence-corrected chi connectivity index (χ2v) is 4.57. The normalized spacial score (nSPS) is 10.7. The van der Waals surface area contributed by atoms with Crippen molar-refractivity contribution in [3.8, 4) is 0 Å². The highest BCUT2D eigenvalue weighted by Crippen LogP contribution is 2.17. The second-order valence-electron chi connectivity index (χ2n) is 3.07. The summed E-state index contributed by atoms with van der Waals surface area (Å²) in [7, 11) is 0. The van der Waals surface area contributed by atoms with Gasteiger partial charge in [0.25, 0.3) is 5.22 Å². The van der Waals surface area contributed by atoms with Crippen LogP contribution in [-0.2, 0) is 0 Å². The number of hydrogen-bond donors (Lipinski definition) is 1. The van der Waals surface area contributed by atoms with E-state index in [1.165, 1.54) is 25.7 Å². The molecular formula is C9H16N2OS2. The maximum atomic E-state index is 5.24. The van der Waals surface area contributed by atoms with Gasteiger partial charge in [-0.15, -0.1) is 10.2 Å². The number of nitrogens with zero attached hydrogens (tertiary/aromatic N) is 2. The molecule has 3 nitrogen and oxygen atoms in total. The SMILES string of the molecule is Cc1nnc(SCCCCCCS)o1. The van der Waals surface area contributed by atoms with Crippen molar-refractivity contribution in [1.29, 1.82) is 0 Å². The summed E-state index contributed by atoms with van der Waals surface area (Å²) in [6.07, 6.45) is 4.96. The lowest BCUT2D eigenvalue weighted by Crippen LogP contribution is -1.83. The number of unbranched alkanes of at least 4 members (excludes halogenated alkanes) is 3. The first-order valence-electron chi connectivity index (χ1n) is 4.86. The highest BCUT2D eigenvalue weighted by molar-refractivity contribution is 7.99. The molecule has 0 radical (unpaired) electrons. The number of aromatic nitrogens is 2. The lowest BCUT2D eigenvalue weighted by molar-refractivity contribution is 0.429. The maximum absolute atomic E-state index is 5.24. The Balaban J connectivity index is 1.99. The van der Waals surface area contributed by atoms with Crippen LogP contribution >= 0.6 is 24.4 Å². The molecular weight excluding hydrogens is 216 g/mol. The van der Waals surface area contributed by atoms with E-state index in [4.69, 9.17) is 4.42 Å². The third kappa shape index (κ3) is 4.91. The predicted molar refractivity (Wildman–Crippen MR) is 62.1 cm³/mol. The highest BCUT2D eigenvalue weighted by atomic mass is 32.2. The molecule has 1 aromatic heterocycles. The molecule has 0 atom stereocenters. The smallest absolute Gasteiger partial charge is 0.276 e. The van der Waals surface area contributed by atoms with Gasteiger partial charge in [-0.3, -0.25) is 0 Å². The lowest BCUT2D eigenvalue weighted by Gasteiger charge is -1.97. The van der Waals surface area contributed by atoms with Crippen molar-refractivity contribution < 1.29 is 4.42 Å². The summed E-state index contributed by atoms with van der Waals surface area (Å²) in [6.45, 7) is 1.81. The summed E-state index contributed by atoms with van der Waals surface area (Å²) >= 11 is 5.81. The van der Waals surface area contributed by atoms with Gasteiger partial charge in [-0.05, 0) is 18.6 Å². The molecule has 0 spiro atoms. The van der Waals surface area contributed by atoms with Crippen molar-refractivity contribution in [3.63, 3.8) is 0 Å². The Morgan fingerprint density at radius 1 is 1.21 bits per heavy atom. The number of rotatable bonds is 7. The largest absolute Gasteiger partial charge is 0.416 e. The van der Waals surface area contributed by atoms with E-state index in [0.717, 1.165) is 11.5 Å². The summed E-state index contributed by atoms with van der Waals surface area (Å²) in [5.74, 6) is 2.70. The quantitative estimate of drug-likeness (QED) is 0.446. The van der Waals surface area contributed by atoms with E-state index in [9.17, 15) is 0 Å². The molecule has 0 fully saturated rings. The first-order valence-corrected chi connectivity index (χ1v) is 6.48. The lowest BCUT2D eigenvalue weighted by atomic mass is 10.2. The zero-order valence-corrected chi connectivity index (χ0v) is 10.1. The molecule has 14 heavy (non-hydrogen) atoms. The van der Waals surface area contributed by atoms with Crippen molar-refractivity contribution in [1.82, 2.24) is 10.2 Å². The van der Waals surface area contributed by atoms with E-state index in [-0.39, 0.29) is 0 Å². The average molecular weight is 232 g/mol. The predicted octanol–water partition coefficient (Wildman–Crippen LogP) is 2.96. The summed E-state index contributed by atoms with van der Waals surface area (Å²) in [6, 6.07) is 0. The minimum atomic E-state index is 0.641. The van der Waals surface area contributed by atoms with Crippen molar-refractivity contribution in [3.05, 3.63) is 5.89 Å². The van der Waals surface area contributed by atoms with E-state index in [0.29, 0.717) is 11.1 Å². The fourth-order valence-corrected chi connectivity index (χ4v) is 2.09. The van der Waals surface area contributed by atoms with Crippen molar-refractivity contribution in [2.45, 2.75) is 37.8 Å². The average Bonchev–Trinajstić information content (AvgIpc) is 2.58. The minimum Gasteiger partial charge on any atom is -0.416 e. The number of thiol groups is 1. The molecule has 0 bridgehead atoms. The Labute approximate surface area is 94.5 Å². The number of thioether (sulfide) groups is 1. The van der Waals surface area contributed by atoms with Crippen LogP contribution in [0.3, 0.4) is 0 Å². The van der Waals surface area contributed by atoms with Crippen molar-refractivity contribution in [2.75, 3.05) is 11.5 Å². The molecule has 0 aliphatic rings. The summed E-state index contributed by atoms with van der Waals surface area (Å²) in [5, 5.41) is 8.37. The molecule has 1 aromatic rings. The van der Waals surface area contributed by atoms with Crippen molar-refractivity contribution >= 4 is 24.4 Å². The zero-order chi connectivity index (χ0) is 10.2. The Morgan fingerprint density at radius 2 is 2.00 bits per heavy atom. The van der Waals surface area contributed by atoms with Gasteiger partial charge in [-0.2, -0.15) is 12.6 Å². The number of hydrogen-bond acceptors (Lipinski definition) is 5. The fraction of sp³-hybridized carbons (Fsp3) is 0.778. The standard InChI is InChI=1S/C9H16N2OS2/c1-8-10-11-9(12-8)14-7-5-3-2-4-6-13/h13H,2-7H2,1H3.